The number of ether oxygens (including phenoxy) is 2. The highest BCUT2D eigenvalue weighted by atomic mass is 35.5. The number of aromatic hydroxyl groups is 1. The number of thiocarbonyl (C=S) groups is 1. The zero-order valence-electron chi connectivity index (χ0n) is 20.8. The number of aromatic nitrogens is 2. The lowest BCUT2D eigenvalue weighted by atomic mass is 10.1. The van der Waals surface area contributed by atoms with E-state index in [-0.39, 0.29) is 35.6 Å². The minimum atomic E-state index is -0.276. The Kier molecular flexibility index (Phi) is 10.6. The number of carbonyl (C=O) groups is 1. The summed E-state index contributed by atoms with van der Waals surface area (Å²) in [6.45, 7) is 4.06. The lowest BCUT2D eigenvalue weighted by molar-refractivity contribution is -0.143. The summed E-state index contributed by atoms with van der Waals surface area (Å²) in [6.07, 6.45) is 0.729. The summed E-state index contributed by atoms with van der Waals surface area (Å²) in [6, 6.07) is 10.1. The first-order valence-corrected chi connectivity index (χ1v) is 13.1. The molecule has 2 aromatic carbocycles. The number of nitrogens with zero attached hydrogens (tertiary/aromatic N) is 3. The maximum atomic E-state index is 11.5. The van der Waals surface area contributed by atoms with Gasteiger partial charge in [-0.05, 0) is 56.8 Å². The van der Waals surface area contributed by atoms with Crippen molar-refractivity contribution in [3.63, 3.8) is 0 Å². The molecule has 0 radical (unpaired) electrons. The molecule has 0 spiro atoms. The lowest BCUT2D eigenvalue weighted by Crippen LogP contribution is -2.25. The second-order valence-corrected chi connectivity index (χ2v) is 9.62. The van der Waals surface area contributed by atoms with Gasteiger partial charge in [0.05, 0.1) is 34.7 Å². The fraction of sp³-hybridized carbons (Fsp3) is 0.280. The molecule has 0 aliphatic carbocycles. The molecule has 3 aromatic rings. The molecule has 0 amide bonds. The topological polar surface area (TPSA) is 110 Å². The van der Waals surface area contributed by atoms with Crippen molar-refractivity contribution in [2.75, 3.05) is 18.5 Å². The molecule has 1 aromatic heterocycles. The fourth-order valence-corrected chi connectivity index (χ4v) is 4.03. The number of benzene rings is 2. The molecule has 0 atom stereocenters. The minimum absolute atomic E-state index is 0.0657. The van der Waals surface area contributed by atoms with Crippen molar-refractivity contribution in [2.45, 2.75) is 26.7 Å². The van der Waals surface area contributed by atoms with Gasteiger partial charge in [-0.15, -0.1) is 0 Å². The third kappa shape index (κ3) is 7.73. The largest absolute Gasteiger partial charge is 0.504 e. The highest BCUT2D eigenvalue weighted by Crippen LogP contribution is 2.35. The Morgan fingerprint density at radius 2 is 1.95 bits per heavy atom. The standard InChI is InChI=1S/C25H26Cl3N5O4S/c1-4-36-21(34)6-5-11-37-20-13-16(26)8-10-19(20)29-25(38)31-30-14(2)22-24(35)23(33(3)32-22)15-7-9-17(27)18(28)12-15/h7-10,12-13,35H,4-6,11H2,1-3H3,(H2,29,31,38). The number of aryl methyl sites for hydroxylation is 1. The van der Waals surface area contributed by atoms with Gasteiger partial charge in [-0.25, -0.2) is 0 Å². The van der Waals surface area contributed by atoms with Crippen molar-refractivity contribution in [2.24, 2.45) is 12.1 Å². The number of nitrogens with one attached hydrogen (secondary N) is 2. The van der Waals surface area contributed by atoms with E-state index < -0.39 is 0 Å². The summed E-state index contributed by atoms with van der Waals surface area (Å²) in [4.78, 5) is 11.5. The Balaban J connectivity index is 1.67. The van der Waals surface area contributed by atoms with Crippen molar-refractivity contribution in [3.05, 3.63) is 57.2 Å². The Morgan fingerprint density at radius 1 is 1.18 bits per heavy atom. The highest BCUT2D eigenvalue weighted by Gasteiger charge is 2.20. The number of carbonyl (C=O) groups excluding carboxylic acids is 1. The number of hydrogen-bond acceptors (Lipinski definition) is 7. The Bertz CT molecular complexity index is 1360. The second-order valence-electron chi connectivity index (χ2n) is 7.96. The van der Waals surface area contributed by atoms with Crippen molar-refractivity contribution < 1.29 is 19.4 Å². The van der Waals surface area contributed by atoms with Gasteiger partial charge in [-0.1, -0.05) is 40.9 Å². The van der Waals surface area contributed by atoms with Crippen LogP contribution in [0.2, 0.25) is 15.1 Å². The summed E-state index contributed by atoms with van der Waals surface area (Å²) in [5.41, 5.74) is 5.05. The molecule has 0 unspecified atom stereocenters. The van der Waals surface area contributed by atoms with Crippen LogP contribution in [-0.2, 0) is 16.6 Å². The van der Waals surface area contributed by atoms with Gasteiger partial charge in [-0.2, -0.15) is 10.2 Å². The van der Waals surface area contributed by atoms with Crippen LogP contribution >= 0.6 is 47.0 Å². The molecule has 0 bridgehead atoms. The molecule has 38 heavy (non-hydrogen) atoms. The number of hydrogen-bond donors (Lipinski definition) is 3. The quantitative estimate of drug-likeness (QED) is 0.0834. The molecule has 9 nitrogen and oxygen atoms in total. The van der Waals surface area contributed by atoms with Crippen LogP contribution in [0.25, 0.3) is 11.3 Å². The average Bonchev–Trinajstić information content (AvgIpc) is 3.17. The SMILES string of the molecule is CCOC(=O)CCCOc1cc(Cl)ccc1NC(=S)NN=C(C)c1nn(C)c(-c2ccc(Cl)c(Cl)c2)c1O. The van der Waals surface area contributed by atoms with E-state index in [0.717, 1.165) is 0 Å². The van der Waals surface area contributed by atoms with Gasteiger partial charge in [0.15, 0.2) is 16.6 Å². The molecule has 0 saturated heterocycles. The molecule has 3 rings (SSSR count). The maximum absolute atomic E-state index is 11.5. The predicted molar refractivity (Wildman–Crippen MR) is 155 cm³/mol. The van der Waals surface area contributed by atoms with Gasteiger partial charge in [-0.3, -0.25) is 14.9 Å². The summed E-state index contributed by atoms with van der Waals surface area (Å²) in [5, 5.41) is 23.9. The Hall–Kier alpha value is -3.05. The molecular weight excluding hydrogens is 573 g/mol. The van der Waals surface area contributed by atoms with Gasteiger partial charge >= 0.3 is 5.97 Å². The second kappa shape index (κ2) is 13.7. The zero-order valence-corrected chi connectivity index (χ0v) is 23.9. The summed E-state index contributed by atoms with van der Waals surface area (Å²) < 4.78 is 12.2. The number of rotatable bonds is 10. The molecule has 202 valence electrons. The maximum Gasteiger partial charge on any atom is 0.305 e. The van der Waals surface area contributed by atoms with Crippen molar-refractivity contribution in [1.29, 1.82) is 0 Å². The van der Waals surface area contributed by atoms with E-state index in [9.17, 15) is 9.90 Å². The van der Waals surface area contributed by atoms with E-state index in [0.29, 0.717) is 56.5 Å². The van der Waals surface area contributed by atoms with E-state index >= 15 is 0 Å². The number of hydrazone groups is 1. The number of halogens is 3. The highest BCUT2D eigenvalue weighted by molar-refractivity contribution is 7.80. The van der Waals surface area contributed by atoms with Gasteiger partial charge < -0.3 is 19.9 Å². The van der Waals surface area contributed by atoms with E-state index in [1.165, 1.54) is 4.68 Å². The smallest absolute Gasteiger partial charge is 0.305 e. The zero-order chi connectivity index (χ0) is 27.8. The van der Waals surface area contributed by atoms with Crippen LogP contribution in [0, 0.1) is 0 Å². The van der Waals surface area contributed by atoms with Crippen molar-refractivity contribution in [3.8, 4) is 22.8 Å². The molecule has 1 heterocycles. The van der Waals surface area contributed by atoms with Gasteiger partial charge in [0.25, 0.3) is 0 Å². The molecule has 0 aliphatic rings. The first-order valence-electron chi connectivity index (χ1n) is 11.5. The lowest BCUT2D eigenvalue weighted by Gasteiger charge is -2.14. The van der Waals surface area contributed by atoms with Gasteiger partial charge in [0.1, 0.15) is 11.4 Å². The summed E-state index contributed by atoms with van der Waals surface area (Å²) >= 11 is 23.6. The van der Waals surface area contributed by atoms with Crippen LogP contribution in [0.5, 0.6) is 11.5 Å². The van der Waals surface area contributed by atoms with Gasteiger partial charge in [0.2, 0.25) is 0 Å². The van der Waals surface area contributed by atoms with E-state index in [1.54, 1.807) is 57.3 Å². The van der Waals surface area contributed by atoms with Crippen LogP contribution in [0.4, 0.5) is 5.69 Å². The van der Waals surface area contributed by atoms with Crippen LogP contribution in [-0.4, -0.2) is 44.9 Å². The number of esters is 1. The molecule has 3 N–H and O–H groups in total. The molecule has 0 saturated carbocycles. The van der Waals surface area contributed by atoms with E-state index in [4.69, 9.17) is 56.5 Å². The number of anilines is 1. The average molecular weight is 599 g/mol. The van der Waals surface area contributed by atoms with E-state index in [1.807, 2.05) is 0 Å². The molecular formula is C25H26Cl3N5O4S. The van der Waals surface area contributed by atoms with Gasteiger partial charge in [0, 0.05) is 30.1 Å². The van der Waals surface area contributed by atoms with Crippen LogP contribution in [0.15, 0.2) is 41.5 Å². The monoisotopic (exact) mass is 597 g/mol. The molecule has 0 aliphatic heterocycles. The summed E-state index contributed by atoms with van der Waals surface area (Å²) in [7, 11) is 1.70. The third-order valence-corrected chi connectivity index (χ3v) is 6.33. The molecule has 13 heteroatoms. The van der Waals surface area contributed by atoms with E-state index in [2.05, 4.69) is 20.9 Å². The third-order valence-electron chi connectivity index (χ3n) is 5.16. The van der Waals surface area contributed by atoms with Crippen LogP contribution in [0.3, 0.4) is 0 Å². The molecule has 0 fully saturated rings. The first kappa shape index (κ1) is 29.5. The normalized spacial score (nSPS) is 11.3. The summed E-state index contributed by atoms with van der Waals surface area (Å²) in [5.74, 6) is 0.117. The minimum Gasteiger partial charge on any atom is -0.504 e. The predicted octanol–water partition coefficient (Wildman–Crippen LogP) is 6.19. The Morgan fingerprint density at radius 3 is 2.66 bits per heavy atom. The fourth-order valence-electron chi connectivity index (χ4n) is 3.41. The Labute approximate surface area is 240 Å². The van der Waals surface area contributed by atoms with Crippen molar-refractivity contribution in [1.82, 2.24) is 15.2 Å². The van der Waals surface area contributed by atoms with Crippen LogP contribution in [0.1, 0.15) is 32.4 Å². The first-order chi connectivity index (χ1) is 18.1. The van der Waals surface area contributed by atoms with Crippen molar-refractivity contribution >= 4 is 69.5 Å². The van der Waals surface area contributed by atoms with Crippen LogP contribution < -0.4 is 15.5 Å².